The Bertz CT molecular complexity index is 570. The molecule has 0 saturated carbocycles. The van der Waals surface area contributed by atoms with E-state index in [9.17, 15) is 9.50 Å². The van der Waals surface area contributed by atoms with E-state index in [2.05, 4.69) is 19.2 Å². The second-order valence-electron chi connectivity index (χ2n) is 5.22. The average Bonchev–Trinajstić information content (AvgIpc) is 2.38. The van der Waals surface area contributed by atoms with Crippen molar-refractivity contribution in [3.8, 4) is 5.75 Å². The number of aromatic hydroxyl groups is 1. The summed E-state index contributed by atoms with van der Waals surface area (Å²) < 4.78 is 13.1. The molecule has 0 aliphatic carbocycles. The third-order valence-electron chi connectivity index (χ3n) is 3.34. The largest absolute Gasteiger partial charge is 0.508 e. The Morgan fingerprint density at radius 3 is 2.55 bits per heavy atom. The Morgan fingerprint density at radius 1 is 1.10 bits per heavy atom. The molecule has 0 aromatic heterocycles. The van der Waals surface area contributed by atoms with Crippen LogP contribution in [-0.2, 0) is 6.42 Å². The number of benzene rings is 2. The van der Waals surface area contributed by atoms with E-state index in [1.54, 1.807) is 24.3 Å². The van der Waals surface area contributed by atoms with E-state index in [1.165, 1.54) is 6.07 Å². The summed E-state index contributed by atoms with van der Waals surface area (Å²) >= 11 is 0. The quantitative estimate of drug-likeness (QED) is 0.868. The van der Waals surface area contributed by atoms with Crippen LogP contribution in [0.25, 0.3) is 0 Å². The number of hydrogen-bond acceptors (Lipinski definition) is 2. The normalized spacial score (nSPS) is 13.9. The number of hydrogen-bond donors (Lipinski definition) is 2. The highest BCUT2D eigenvalue weighted by atomic mass is 19.1. The van der Waals surface area contributed by atoms with Crippen LogP contribution in [0.2, 0.25) is 0 Å². The third-order valence-corrected chi connectivity index (χ3v) is 3.34. The molecule has 2 atom stereocenters. The lowest BCUT2D eigenvalue weighted by Crippen LogP contribution is -2.30. The number of nitrogens with one attached hydrogen (secondary N) is 1. The molecule has 2 nitrogen and oxygen atoms in total. The maximum absolute atomic E-state index is 13.1. The van der Waals surface area contributed by atoms with Gasteiger partial charge in [-0.1, -0.05) is 24.3 Å². The first kappa shape index (κ1) is 14.5. The molecule has 0 amide bonds. The van der Waals surface area contributed by atoms with Gasteiger partial charge in [0.1, 0.15) is 11.6 Å². The molecular formula is C17H20FNO. The fourth-order valence-electron chi connectivity index (χ4n) is 2.39. The maximum Gasteiger partial charge on any atom is 0.123 e. The van der Waals surface area contributed by atoms with Crippen molar-refractivity contribution in [2.75, 3.05) is 0 Å². The Labute approximate surface area is 119 Å². The van der Waals surface area contributed by atoms with Gasteiger partial charge in [0.25, 0.3) is 0 Å². The molecule has 0 aliphatic rings. The molecule has 2 N–H and O–H groups in total. The molecule has 2 aromatic carbocycles. The van der Waals surface area contributed by atoms with Crippen LogP contribution in [0.15, 0.2) is 48.5 Å². The van der Waals surface area contributed by atoms with E-state index in [0.717, 1.165) is 17.5 Å². The predicted molar refractivity (Wildman–Crippen MR) is 79.2 cm³/mol. The number of rotatable bonds is 5. The highest BCUT2D eigenvalue weighted by Gasteiger charge is 2.10. The molecule has 2 aromatic rings. The van der Waals surface area contributed by atoms with Crippen LogP contribution in [0, 0.1) is 5.82 Å². The summed E-state index contributed by atoms with van der Waals surface area (Å²) in [6.07, 6.45) is 0.765. The van der Waals surface area contributed by atoms with Crippen LogP contribution in [-0.4, -0.2) is 11.1 Å². The highest BCUT2D eigenvalue weighted by molar-refractivity contribution is 5.29. The average molecular weight is 273 g/mol. The maximum atomic E-state index is 13.1. The predicted octanol–water partition coefficient (Wildman–Crippen LogP) is 3.81. The van der Waals surface area contributed by atoms with E-state index < -0.39 is 0 Å². The first-order chi connectivity index (χ1) is 9.54. The molecule has 0 radical (unpaired) electrons. The van der Waals surface area contributed by atoms with Crippen molar-refractivity contribution in [2.24, 2.45) is 0 Å². The van der Waals surface area contributed by atoms with Crippen LogP contribution in [0.4, 0.5) is 4.39 Å². The Kier molecular flexibility index (Phi) is 4.74. The van der Waals surface area contributed by atoms with Crippen LogP contribution in [0.3, 0.4) is 0 Å². The summed E-state index contributed by atoms with van der Waals surface area (Å²) in [7, 11) is 0. The van der Waals surface area contributed by atoms with Crippen molar-refractivity contribution < 1.29 is 9.50 Å². The van der Waals surface area contributed by atoms with Gasteiger partial charge < -0.3 is 10.4 Å². The van der Waals surface area contributed by atoms with Crippen LogP contribution in [0.5, 0.6) is 5.75 Å². The molecule has 106 valence electrons. The minimum Gasteiger partial charge on any atom is -0.508 e. The van der Waals surface area contributed by atoms with E-state index in [0.29, 0.717) is 0 Å². The van der Waals surface area contributed by atoms with Gasteiger partial charge in [-0.25, -0.2) is 4.39 Å². The summed E-state index contributed by atoms with van der Waals surface area (Å²) in [5.74, 6) is 0.0738. The number of phenolic OH excluding ortho intramolecular Hbond substituents is 1. The van der Waals surface area contributed by atoms with E-state index in [1.807, 2.05) is 18.2 Å². The van der Waals surface area contributed by atoms with Gasteiger partial charge in [0.2, 0.25) is 0 Å². The van der Waals surface area contributed by atoms with E-state index >= 15 is 0 Å². The van der Waals surface area contributed by atoms with Gasteiger partial charge in [0.05, 0.1) is 0 Å². The SMILES string of the molecule is CC(Cc1cccc(F)c1)NC(C)c1cccc(O)c1. The highest BCUT2D eigenvalue weighted by Crippen LogP contribution is 2.18. The summed E-state index contributed by atoms with van der Waals surface area (Å²) in [5.41, 5.74) is 2.02. The molecule has 0 fully saturated rings. The Hall–Kier alpha value is -1.87. The zero-order valence-corrected chi connectivity index (χ0v) is 11.8. The molecular weight excluding hydrogens is 253 g/mol. The van der Waals surface area contributed by atoms with Gasteiger partial charge in [-0.3, -0.25) is 0 Å². The van der Waals surface area contributed by atoms with Gasteiger partial charge in [-0.2, -0.15) is 0 Å². The summed E-state index contributed by atoms with van der Waals surface area (Å²) in [4.78, 5) is 0. The Balaban J connectivity index is 1.95. The monoisotopic (exact) mass is 273 g/mol. The van der Waals surface area contributed by atoms with Gasteiger partial charge in [0, 0.05) is 12.1 Å². The lowest BCUT2D eigenvalue weighted by Gasteiger charge is -2.20. The van der Waals surface area contributed by atoms with E-state index in [4.69, 9.17) is 0 Å². The van der Waals surface area contributed by atoms with Crippen molar-refractivity contribution in [3.63, 3.8) is 0 Å². The van der Waals surface area contributed by atoms with Gasteiger partial charge in [-0.05, 0) is 55.7 Å². The molecule has 0 heterocycles. The fraction of sp³-hybridized carbons (Fsp3) is 0.294. The second-order valence-corrected chi connectivity index (χ2v) is 5.22. The number of phenols is 1. The molecule has 20 heavy (non-hydrogen) atoms. The van der Waals surface area contributed by atoms with Crippen molar-refractivity contribution in [1.29, 1.82) is 0 Å². The molecule has 2 unspecified atom stereocenters. The molecule has 0 aliphatic heterocycles. The zero-order chi connectivity index (χ0) is 14.5. The van der Waals surface area contributed by atoms with E-state index in [-0.39, 0.29) is 23.7 Å². The van der Waals surface area contributed by atoms with Crippen molar-refractivity contribution in [2.45, 2.75) is 32.4 Å². The molecule has 0 spiro atoms. The number of halogens is 1. The third kappa shape index (κ3) is 4.07. The standard InChI is InChI=1S/C17H20FNO/c1-12(9-14-5-3-7-16(18)10-14)19-13(2)15-6-4-8-17(20)11-15/h3-8,10-13,19-20H,9H2,1-2H3. The summed E-state index contributed by atoms with van der Waals surface area (Å²) in [5, 5.41) is 13.0. The lowest BCUT2D eigenvalue weighted by molar-refractivity contribution is 0.461. The second kappa shape index (κ2) is 6.53. The van der Waals surface area contributed by atoms with Crippen molar-refractivity contribution >= 4 is 0 Å². The summed E-state index contributed by atoms with van der Waals surface area (Å²) in [6, 6.07) is 14.3. The first-order valence-corrected chi connectivity index (χ1v) is 6.84. The van der Waals surface area contributed by atoms with Crippen LogP contribution < -0.4 is 5.32 Å². The topological polar surface area (TPSA) is 32.3 Å². The fourth-order valence-corrected chi connectivity index (χ4v) is 2.39. The van der Waals surface area contributed by atoms with Crippen LogP contribution >= 0.6 is 0 Å². The zero-order valence-electron chi connectivity index (χ0n) is 11.8. The molecule has 0 bridgehead atoms. The van der Waals surface area contributed by atoms with Crippen molar-refractivity contribution in [3.05, 3.63) is 65.5 Å². The minimum absolute atomic E-state index is 0.130. The first-order valence-electron chi connectivity index (χ1n) is 6.84. The Morgan fingerprint density at radius 2 is 1.85 bits per heavy atom. The molecule has 0 saturated heterocycles. The van der Waals surface area contributed by atoms with Gasteiger partial charge >= 0.3 is 0 Å². The molecule has 3 heteroatoms. The minimum atomic E-state index is -0.198. The van der Waals surface area contributed by atoms with Crippen LogP contribution in [0.1, 0.15) is 31.0 Å². The van der Waals surface area contributed by atoms with Crippen molar-refractivity contribution in [1.82, 2.24) is 5.32 Å². The summed E-state index contributed by atoms with van der Waals surface area (Å²) in [6.45, 7) is 4.13. The van der Waals surface area contributed by atoms with Gasteiger partial charge in [0.15, 0.2) is 0 Å². The smallest absolute Gasteiger partial charge is 0.123 e. The van der Waals surface area contributed by atoms with Gasteiger partial charge in [-0.15, -0.1) is 0 Å². The molecule has 2 rings (SSSR count). The lowest BCUT2D eigenvalue weighted by atomic mass is 10.0.